The van der Waals surface area contributed by atoms with E-state index in [1.54, 1.807) is 6.07 Å². The van der Waals surface area contributed by atoms with Crippen molar-refractivity contribution in [2.45, 2.75) is 50.6 Å². The van der Waals surface area contributed by atoms with Crippen molar-refractivity contribution in [3.8, 4) is 0 Å². The lowest BCUT2D eigenvalue weighted by molar-refractivity contribution is 0.0913. The maximum absolute atomic E-state index is 12.0. The lowest BCUT2D eigenvalue weighted by Gasteiger charge is -2.28. The summed E-state index contributed by atoms with van der Waals surface area (Å²) in [6, 6.07) is 5.68. The molecule has 0 radical (unpaired) electrons. The van der Waals surface area contributed by atoms with Crippen LogP contribution in [0.2, 0.25) is 0 Å². The van der Waals surface area contributed by atoms with Crippen LogP contribution in [0.25, 0.3) is 0 Å². The zero-order valence-electron chi connectivity index (χ0n) is 16.9. The number of hydrogen-bond donors (Lipinski definition) is 1. The van der Waals surface area contributed by atoms with E-state index in [2.05, 4.69) is 30.1 Å². The molecule has 2 aromatic rings. The molecule has 0 unspecified atom stereocenters. The van der Waals surface area contributed by atoms with E-state index in [1.807, 2.05) is 19.9 Å². The summed E-state index contributed by atoms with van der Waals surface area (Å²) in [5.74, 6) is 2.69. The van der Waals surface area contributed by atoms with Crippen LogP contribution in [-0.4, -0.2) is 48.2 Å². The van der Waals surface area contributed by atoms with Crippen molar-refractivity contribution in [1.82, 2.24) is 15.3 Å². The molecular weight excluding hydrogens is 376 g/mol. The first-order valence-electron chi connectivity index (χ1n) is 9.66. The van der Waals surface area contributed by atoms with Crippen LogP contribution in [-0.2, 0) is 10.5 Å². The maximum Gasteiger partial charge on any atom is 0.287 e. The molecule has 0 bridgehead atoms. The van der Waals surface area contributed by atoms with Crippen molar-refractivity contribution in [2.24, 2.45) is 0 Å². The largest absolute Gasteiger partial charge is 0.455 e. The number of aromatic nitrogens is 2. The minimum Gasteiger partial charge on any atom is -0.455 e. The number of morpholine rings is 1. The molecule has 1 saturated heterocycles. The van der Waals surface area contributed by atoms with Crippen LogP contribution in [0.3, 0.4) is 0 Å². The number of hydrogen-bond acceptors (Lipinski definition) is 7. The van der Waals surface area contributed by atoms with Gasteiger partial charge in [0, 0.05) is 30.9 Å². The van der Waals surface area contributed by atoms with E-state index >= 15 is 0 Å². The highest BCUT2D eigenvalue weighted by atomic mass is 32.2. The molecule has 0 aromatic carbocycles. The van der Waals surface area contributed by atoms with Crippen LogP contribution in [0.1, 0.15) is 55.6 Å². The first-order chi connectivity index (χ1) is 13.4. The summed E-state index contributed by atoms with van der Waals surface area (Å²) in [5, 5.41) is 3.55. The lowest BCUT2D eigenvalue weighted by atomic mass is 10.1. The van der Waals surface area contributed by atoms with Gasteiger partial charge in [-0.2, -0.15) is 0 Å². The predicted octanol–water partition coefficient (Wildman–Crippen LogP) is 3.46. The van der Waals surface area contributed by atoms with E-state index in [4.69, 9.17) is 19.1 Å². The third kappa shape index (κ3) is 5.48. The van der Waals surface area contributed by atoms with Gasteiger partial charge in [0.1, 0.15) is 11.6 Å². The van der Waals surface area contributed by atoms with Crippen molar-refractivity contribution in [2.75, 3.05) is 31.2 Å². The molecular formula is C20H28N4O3S. The SMILES string of the molecule is CC(C)NC(=O)c1ccc(CSc2nc(C(C)C)cc(N3CCOCC3)n2)o1. The van der Waals surface area contributed by atoms with Crippen LogP contribution in [0.5, 0.6) is 0 Å². The van der Waals surface area contributed by atoms with Crippen molar-refractivity contribution in [3.05, 3.63) is 35.4 Å². The van der Waals surface area contributed by atoms with Gasteiger partial charge in [0.15, 0.2) is 10.9 Å². The molecule has 3 heterocycles. The summed E-state index contributed by atoms with van der Waals surface area (Å²) in [6.07, 6.45) is 0. The van der Waals surface area contributed by atoms with E-state index in [1.165, 1.54) is 11.8 Å². The van der Waals surface area contributed by atoms with E-state index in [9.17, 15) is 4.79 Å². The van der Waals surface area contributed by atoms with Crippen LogP contribution in [0.15, 0.2) is 27.8 Å². The van der Waals surface area contributed by atoms with E-state index in [0.717, 1.165) is 48.7 Å². The molecule has 0 atom stereocenters. The van der Waals surface area contributed by atoms with Gasteiger partial charge in [-0.05, 0) is 31.9 Å². The fourth-order valence-corrected chi connectivity index (χ4v) is 3.55. The molecule has 0 saturated carbocycles. The average Bonchev–Trinajstić information content (AvgIpc) is 3.15. The van der Waals surface area contributed by atoms with Gasteiger partial charge >= 0.3 is 0 Å². The van der Waals surface area contributed by atoms with Crippen molar-refractivity contribution < 1.29 is 13.9 Å². The highest BCUT2D eigenvalue weighted by Crippen LogP contribution is 2.26. The number of rotatable bonds is 7. The average molecular weight is 405 g/mol. The maximum atomic E-state index is 12.0. The first kappa shape index (κ1) is 20.7. The Labute approximate surface area is 170 Å². The molecule has 1 aliphatic rings. The number of anilines is 1. The third-order valence-corrected chi connectivity index (χ3v) is 5.16. The second-order valence-corrected chi connectivity index (χ2v) is 8.31. The minimum absolute atomic E-state index is 0.0706. The van der Waals surface area contributed by atoms with Crippen LogP contribution in [0, 0.1) is 0 Å². The standard InChI is InChI=1S/C20H28N4O3S/c1-13(2)16-11-18(24-7-9-26-10-8-24)23-20(22-16)28-12-15-5-6-17(27-15)19(25)21-14(3)4/h5-6,11,13-14H,7-10,12H2,1-4H3,(H,21,25). The fraction of sp³-hybridized carbons (Fsp3) is 0.550. The number of nitrogens with one attached hydrogen (secondary N) is 1. The minimum atomic E-state index is -0.195. The Kier molecular flexibility index (Phi) is 6.96. The molecule has 1 fully saturated rings. The van der Waals surface area contributed by atoms with Crippen molar-refractivity contribution in [3.63, 3.8) is 0 Å². The number of carbonyl (C=O) groups is 1. The van der Waals surface area contributed by atoms with Gasteiger partial charge in [-0.3, -0.25) is 4.79 Å². The Morgan fingerprint density at radius 2 is 1.96 bits per heavy atom. The Hall–Kier alpha value is -2.06. The zero-order chi connectivity index (χ0) is 20.1. The van der Waals surface area contributed by atoms with Gasteiger partial charge in [-0.1, -0.05) is 25.6 Å². The van der Waals surface area contributed by atoms with E-state index in [0.29, 0.717) is 17.4 Å². The lowest BCUT2D eigenvalue weighted by Crippen LogP contribution is -2.37. The van der Waals surface area contributed by atoms with Crippen LogP contribution >= 0.6 is 11.8 Å². The van der Waals surface area contributed by atoms with E-state index < -0.39 is 0 Å². The monoisotopic (exact) mass is 404 g/mol. The van der Waals surface area contributed by atoms with Crippen molar-refractivity contribution in [1.29, 1.82) is 0 Å². The number of carbonyl (C=O) groups excluding carboxylic acids is 1. The summed E-state index contributed by atoms with van der Waals surface area (Å²) in [5.41, 5.74) is 1.02. The van der Waals surface area contributed by atoms with Crippen LogP contribution < -0.4 is 10.2 Å². The summed E-state index contributed by atoms with van der Waals surface area (Å²) in [7, 11) is 0. The summed E-state index contributed by atoms with van der Waals surface area (Å²) < 4.78 is 11.1. The Bertz CT molecular complexity index is 800. The highest BCUT2D eigenvalue weighted by Gasteiger charge is 2.17. The number of thioether (sulfide) groups is 1. The molecule has 1 aliphatic heterocycles. The van der Waals surface area contributed by atoms with Gasteiger partial charge in [-0.15, -0.1) is 0 Å². The topological polar surface area (TPSA) is 80.5 Å². The Morgan fingerprint density at radius 3 is 2.64 bits per heavy atom. The van der Waals surface area contributed by atoms with Gasteiger partial charge < -0.3 is 19.4 Å². The predicted molar refractivity (Wildman–Crippen MR) is 110 cm³/mol. The van der Waals surface area contributed by atoms with Gasteiger partial charge in [0.2, 0.25) is 0 Å². The molecule has 1 amide bonds. The molecule has 0 spiro atoms. The van der Waals surface area contributed by atoms with E-state index in [-0.39, 0.29) is 11.9 Å². The zero-order valence-corrected chi connectivity index (χ0v) is 17.7. The first-order valence-corrected chi connectivity index (χ1v) is 10.6. The molecule has 152 valence electrons. The number of amides is 1. The quantitative estimate of drug-likeness (QED) is 0.559. The van der Waals surface area contributed by atoms with Gasteiger partial charge in [0.25, 0.3) is 5.91 Å². The molecule has 7 nitrogen and oxygen atoms in total. The molecule has 0 aliphatic carbocycles. The second kappa shape index (κ2) is 9.43. The van der Waals surface area contributed by atoms with Crippen molar-refractivity contribution >= 4 is 23.5 Å². The normalized spacial score (nSPS) is 14.7. The number of nitrogens with zero attached hydrogens (tertiary/aromatic N) is 3. The summed E-state index contributed by atoms with van der Waals surface area (Å²) in [4.78, 5) is 23.7. The van der Waals surface area contributed by atoms with Gasteiger partial charge in [0.05, 0.1) is 19.0 Å². The molecule has 28 heavy (non-hydrogen) atoms. The molecule has 8 heteroatoms. The second-order valence-electron chi connectivity index (χ2n) is 7.37. The molecule has 2 aromatic heterocycles. The Morgan fingerprint density at radius 1 is 1.21 bits per heavy atom. The Balaban J connectivity index is 1.70. The smallest absolute Gasteiger partial charge is 0.287 e. The number of ether oxygens (including phenoxy) is 1. The summed E-state index contributed by atoms with van der Waals surface area (Å²) in [6.45, 7) is 11.2. The van der Waals surface area contributed by atoms with Crippen LogP contribution in [0.4, 0.5) is 5.82 Å². The highest BCUT2D eigenvalue weighted by molar-refractivity contribution is 7.98. The fourth-order valence-electron chi connectivity index (χ4n) is 2.79. The molecule has 1 N–H and O–H groups in total. The third-order valence-electron chi connectivity index (χ3n) is 4.29. The number of furan rings is 1. The molecule has 3 rings (SSSR count). The van der Waals surface area contributed by atoms with Gasteiger partial charge in [-0.25, -0.2) is 9.97 Å². The summed E-state index contributed by atoms with van der Waals surface area (Å²) >= 11 is 1.52.